The lowest BCUT2D eigenvalue weighted by Gasteiger charge is -2.36. The first-order valence-corrected chi connectivity index (χ1v) is 11.0. The maximum Gasteiger partial charge on any atom is 0.320 e. The summed E-state index contributed by atoms with van der Waals surface area (Å²) in [5, 5.41) is 0. The van der Waals surface area contributed by atoms with Crippen molar-refractivity contribution in [2.24, 2.45) is 0 Å². The Labute approximate surface area is 194 Å². The Balaban J connectivity index is 0.00000289. The van der Waals surface area contributed by atoms with E-state index in [4.69, 9.17) is 4.74 Å². The van der Waals surface area contributed by atoms with Gasteiger partial charge in [0.1, 0.15) is 17.7 Å². The van der Waals surface area contributed by atoms with Crippen LogP contribution in [0.5, 0.6) is 0 Å². The molecular formula is C24H30ClF2N3O2. The minimum atomic E-state index is -0.390. The minimum Gasteiger partial charge on any atom is -0.367 e. The maximum atomic E-state index is 13.4. The third-order valence-corrected chi connectivity index (χ3v) is 6.06. The van der Waals surface area contributed by atoms with E-state index in [1.54, 1.807) is 24.3 Å². The van der Waals surface area contributed by atoms with Crippen LogP contribution < -0.4 is 0 Å². The molecule has 2 aliphatic heterocycles. The van der Waals surface area contributed by atoms with Crippen molar-refractivity contribution in [3.63, 3.8) is 0 Å². The summed E-state index contributed by atoms with van der Waals surface area (Å²) in [6.45, 7) is 6.08. The van der Waals surface area contributed by atoms with Gasteiger partial charge in [-0.1, -0.05) is 24.3 Å². The number of benzene rings is 2. The maximum absolute atomic E-state index is 13.4. The van der Waals surface area contributed by atoms with Crippen molar-refractivity contribution in [3.05, 3.63) is 71.3 Å². The summed E-state index contributed by atoms with van der Waals surface area (Å²) in [5.41, 5.74) is 1.66. The SMILES string of the molecule is Cl.O=C(N1CCCC1)N1CCN(CCOC(c2ccc(F)cc2)c2ccc(F)cc2)CC1. The molecule has 2 heterocycles. The Morgan fingerprint density at radius 3 is 1.75 bits per heavy atom. The van der Waals surface area contributed by atoms with Gasteiger partial charge in [0, 0.05) is 45.8 Å². The monoisotopic (exact) mass is 465 g/mol. The van der Waals surface area contributed by atoms with Gasteiger partial charge in [0.2, 0.25) is 0 Å². The van der Waals surface area contributed by atoms with Crippen molar-refractivity contribution < 1.29 is 18.3 Å². The second-order valence-electron chi connectivity index (χ2n) is 8.16. The van der Waals surface area contributed by atoms with E-state index in [9.17, 15) is 13.6 Å². The first kappa shape index (κ1) is 24.4. The highest BCUT2D eigenvalue weighted by Gasteiger charge is 2.27. The molecule has 0 saturated carbocycles. The number of halogens is 3. The second kappa shape index (κ2) is 11.6. The van der Waals surface area contributed by atoms with Crippen LogP contribution in [-0.2, 0) is 4.74 Å². The quantitative estimate of drug-likeness (QED) is 0.637. The van der Waals surface area contributed by atoms with Crippen molar-refractivity contribution >= 4 is 18.4 Å². The predicted octanol–water partition coefficient (Wildman–Crippen LogP) is 4.33. The standard InChI is InChI=1S/C24H29F2N3O2.ClH/c25-21-7-3-19(4-8-21)23(20-5-9-22(26)10-6-20)31-18-17-27-13-15-29(16-14-27)24(30)28-11-1-2-12-28;/h3-10,23H,1-2,11-18H2;1H. The number of hydrogen-bond donors (Lipinski definition) is 0. The summed E-state index contributed by atoms with van der Waals surface area (Å²) in [5.74, 6) is -0.606. The molecule has 174 valence electrons. The number of hydrogen-bond acceptors (Lipinski definition) is 3. The minimum absolute atomic E-state index is 0. The fourth-order valence-corrected chi connectivity index (χ4v) is 4.23. The summed E-state index contributed by atoms with van der Waals surface area (Å²) in [6.07, 6.45) is 1.82. The van der Waals surface area contributed by atoms with Crippen LogP contribution in [0.4, 0.5) is 13.6 Å². The summed E-state index contributed by atoms with van der Waals surface area (Å²) < 4.78 is 32.9. The number of ether oxygens (including phenoxy) is 1. The van der Waals surface area contributed by atoms with E-state index in [-0.39, 0.29) is 36.2 Å². The Bertz CT molecular complexity index is 807. The van der Waals surface area contributed by atoms with E-state index in [0.29, 0.717) is 6.61 Å². The number of amides is 2. The molecule has 2 amide bonds. The predicted molar refractivity (Wildman–Crippen MR) is 122 cm³/mol. The number of rotatable bonds is 6. The van der Waals surface area contributed by atoms with Gasteiger partial charge in [0.15, 0.2) is 0 Å². The van der Waals surface area contributed by atoms with Gasteiger partial charge in [-0.25, -0.2) is 13.6 Å². The molecular weight excluding hydrogens is 436 g/mol. The van der Waals surface area contributed by atoms with Gasteiger partial charge in [-0.3, -0.25) is 4.90 Å². The van der Waals surface area contributed by atoms with Crippen molar-refractivity contribution in [1.82, 2.24) is 14.7 Å². The van der Waals surface area contributed by atoms with Gasteiger partial charge < -0.3 is 14.5 Å². The van der Waals surface area contributed by atoms with Crippen molar-refractivity contribution in [2.45, 2.75) is 18.9 Å². The van der Waals surface area contributed by atoms with Crippen LogP contribution in [0.25, 0.3) is 0 Å². The zero-order valence-corrected chi connectivity index (χ0v) is 18.9. The molecule has 0 spiro atoms. The number of piperazine rings is 1. The van der Waals surface area contributed by atoms with Crippen LogP contribution in [-0.4, -0.2) is 73.2 Å². The van der Waals surface area contributed by atoms with Crippen molar-refractivity contribution in [2.75, 3.05) is 52.4 Å². The molecule has 0 N–H and O–H groups in total. The second-order valence-corrected chi connectivity index (χ2v) is 8.16. The average Bonchev–Trinajstić information content (AvgIpc) is 3.33. The molecule has 0 atom stereocenters. The van der Waals surface area contributed by atoms with E-state index < -0.39 is 0 Å². The third-order valence-electron chi connectivity index (χ3n) is 6.06. The first-order chi connectivity index (χ1) is 15.1. The van der Waals surface area contributed by atoms with Crippen LogP contribution in [0.2, 0.25) is 0 Å². The number of urea groups is 1. The molecule has 8 heteroatoms. The Kier molecular flexibility index (Phi) is 8.84. The number of nitrogens with zero attached hydrogens (tertiary/aromatic N) is 3. The van der Waals surface area contributed by atoms with Gasteiger partial charge >= 0.3 is 6.03 Å². The van der Waals surface area contributed by atoms with Gasteiger partial charge in [-0.15, -0.1) is 12.4 Å². The summed E-state index contributed by atoms with van der Waals surface area (Å²) >= 11 is 0. The molecule has 5 nitrogen and oxygen atoms in total. The molecule has 2 fully saturated rings. The van der Waals surface area contributed by atoms with Crippen LogP contribution >= 0.6 is 12.4 Å². The Hall–Kier alpha value is -2.22. The van der Waals surface area contributed by atoms with Crippen LogP contribution in [0.1, 0.15) is 30.1 Å². The fourth-order valence-electron chi connectivity index (χ4n) is 4.23. The van der Waals surface area contributed by atoms with Crippen LogP contribution in [0, 0.1) is 11.6 Å². The summed E-state index contributed by atoms with van der Waals surface area (Å²) in [7, 11) is 0. The molecule has 0 aromatic heterocycles. The van der Waals surface area contributed by atoms with Gasteiger partial charge in [-0.05, 0) is 48.2 Å². The zero-order chi connectivity index (χ0) is 21.6. The lowest BCUT2D eigenvalue weighted by molar-refractivity contribution is 0.0472. The molecule has 2 aromatic carbocycles. The van der Waals surface area contributed by atoms with E-state index in [1.165, 1.54) is 24.3 Å². The number of carbonyl (C=O) groups is 1. The topological polar surface area (TPSA) is 36.0 Å². The molecule has 0 aliphatic carbocycles. The molecule has 4 rings (SSSR count). The largest absolute Gasteiger partial charge is 0.367 e. The third kappa shape index (κ3) is 6.18. The number of carbonyl (C=O) groups excluding carboxylic acids is 1. The summed E-state index contributed by atoms with van der Waals surface area (Å²) in [4.78, 5) is 18.7. The van der Waals surface area contributed by atoms with Crippen LogP contribution in [0.15, 0.2) is 48.5 Å². The molecule has 0 bridgehead atoms. The molecule has 0 radical (unpaired) electrons. The molecule has 2 aliphatic rings. The van der Waals surface area contributed by atoms with E-state index in [0.717, 1.165) is 69.8 Å². The average molecular weight is 466 g/mol. The Morgan fingerprint density at radius 1 is 0.781 bits per heavy atom. The zero-order valence-electron chi connectivity index (χ0n) is 18.1. The van der Waals surface area contributed by atoms with Crippen molar-refractivity contribution in [3.8, 4) is 0 Å². The highest BCUT2D eigenvalue weighted by atomic mass is 35.5. The van der Waals surface area contributed by atoms with E-state index in [2.05, 4.69) is 4.90 Å². The fraction of sp³-hybridized carbons (Fsp3) is 0.458. The molecule has 2 aromatic rings. The first-order valence-electron chi connectivity index (χ1n) is 11.0. The van der Waals surface area contributed by atoms with Crippen LogP contribution in [0.3, 0.4) is 0 Å². The summed E-state index contributed by atoms with van der Waals surface area (Å²) in [6, 6.07) is 12.6. The van der Waals surface area contributed by atoms with E-state index >= 15 is 0 Å². The smallest absolute Gasteiger partial charge is 0.320 e. The van der Waals surface area contributed by atoms with Gasteiger partial charge in [0.05, 0.1) is 6.61 Å². The lowest BCUT2D eigenvalue weighted by atomic mass is 10.0. The van der Waals surface area contributed by atoms with Crippen molar-refractivity contribution in [1.29, 1.82) is 0 Å². The molecule has 0 unspecified atom stereocenters. The Morgan fingerprint density at radius 2 is 1.25 bits per heavy atom. The number of likely N-dealkylation sites (tertiary alicyclic amines) is 1. The molecule has 32 heavy (non-hydrogen) atoms. The van der Waals surface area contributed by atoms with E-state index in [1.807, 2.05) is 9.80 Å². The van der Waals surface area contributed by atoms with Gasteiger partial charge in [-0.2, -0.15) is 0 Å². The highest BCUT2D eigenvalue weighted by molar-refractivity contribution is 5.85. The normalized spacial score (nSPS) is 17.0. The lowest BCUT2D eigenvalue weighted by Crippen LogP contribution is -2.52. The van der Waals surface area contributed by atoms with Gasteiger partial charge in [0.25, 0.3) is 0 Å². The molecule has 2 saturated heterocycles. The highest BCUT2D eigenvalue weighted by Crippen LogP contribution is 2.26.